The van der Waals surface area contributed by atoms with Crippen LogP contribution in [0.3, 0.4) is 0 Å². The summed E-state index contributed by atoms with van der Waals surface area (Å²) in [5.41, 5.74) is 7.46. The highest BCUT2D eigenvalue weighted by molar-refractivity contribution is 5.81. The molecule has 1 aromatic heterocycles. The number of imidazole rings is 1. The number of aromatic nitrogens is 2. The van der Waals surface area contributed by atoms with Gasteiger partial charge in [-0.2, -0.15) is 0 Å². The zero-order valence-corrected chi connectivity index (χ0v) is 16.9. The Hall–Kier alpha value is -2.97. The zero-order valence-electron chi connectivity index (χ0n) is 16.9. The Bertz CT molecular complexity index is 1030. The summed E-state index contributed by atoms with van der Waals surface area (Å²) >= 11 is 0. The Kier molecular flexibility index (Phi) is 5.96. The second-order valence-corrected chi connectivity index (χ2v) is 7.59. The molecule has 2 aromatic carbocycles. The molecule has 4 N–H and O–H groups in total. The summed E-state index contributed by atoms with van der Waals surface area (Å²) in [4.78, 5) is 16.7. The van der Waals surface area contributed by atoms with Gasteiger partial charge in [0, 0.05) is 12.1 Å². The molecule has 2 heterocycles. The number of hydrogen-bond acceptors (Lipinski definition) is 5. The number of rotatable bonds is 6. The van der Waals surface area contributed by atoms with E-state index in [0.717, 1.165) is 42.8 Å². The fourth-order valence-corrected chi connectivity index (χ4v) is 3.75. The van der Waals surface area contributed by atoms with Crippen molar-refractivity contribution >= 4 is 16.9 Å². The van der Waals surface area contributed by atoms with Crippen molar-refractivity contribution in [2.75, 3.05) is 13.1 Å². The lowest BCUT2D eigenvalue weighted by Gasteiger charge is -2.26. The number of benzene rings is 2. The van der Waals surface area contributed by atoms with Gasteiger partial charge in [-0.15, -0.1) is 0 Å². The molecule has 0 bridgehead atoms. The van der Waals surface area contributed by atoms with E-state index in [-0.39, 0.29) is 17.8 Å². The highest BCUT2D eigenvalue weighted by Gasteiger charge is 2.22. The molecule has 0 saturated carbocycles. The Labute approximate surface area is 174 Å². The van der Waals surface area contributed by atoms with Crippen LogP contribution in [0, 0.1) is 5.82 Å². The lowest BCUT2D eigenvalue weighted by atomic mass is 10.1. The maximum absolute atomic E-state index is 13.2. The molecule has 7 nitrogen and oxygen atoms in total. The average molecular weight is 411 g/mol. The second kappa shape index (κ2) is 8.81. The molecule has 4 rings (SSSR count). The quantitative estimate of drug-likeness (QED) is 0.580. The SMILES string of the molecule is C[C@H](N)C(=O)NCc1nc2ccc(Oc3ccc(F)cc3)cc2n1C1CCNCC1. The van der Waals surface area contributed by atoms with Gasteiger partial charge in [-0.25, -0.2) is 9.37 Å². The Morgan fingerprint density at radius 3 is 2.67 bits per heavy atom. The molecule has 1 amide bonds. The fraction of sp³-hybridized carbons (Fsp3) is 0.364. The molecule has 0 aliphatic carbocycles. The minimum absolute atomic E-state index is 0.209. The van der Waals surface area contributed by atoms with Crippen LogP contribution in [0.15, 0.2) is 42.5 Å². The van der Waals surface area contributed by atoms with Crippen molar-refractivity contribution in [2.24, 2.45) is 5.73 Å². The maximum Gasteiger partial charge on any atom is 0.237 e. The molecule has 30 heavy (non-hydrogen) atoms. The second-order valence-electron chi connectivity index (χ2n) is 7.59. The number of nitrogens with two attached hydrogens (primary N) is 1. The van der Waals surface area contributed by atoms with E-state index >= 15 is 0 Å². The first kappa shape index (κ1) is 20.3. The monoisotopic (exact) mass is 411 g/mol. The van der Waals surface area contributed by atoms with Gasteiger partial charge in [-0.1, -0.05) is 0 Å². The minimum atomic E-state index is -0.572. The molecule has 0 radical (unpaired) electrons. The number of fused-ring (bicyclic) bond motifs is 1. The van der Waals surface area contributed by atoms with E-state index in [2.05, 4.69) is 15.2 Å². The van der Waals surface area contributed by atoms with E-state index in [1.807, 2.05) is 18.2 Å². The molecular formula is C22H26FN5O2. The first-order chi connectivity index (χ1) is 14.5. The van der Waals surface area contributed by atoms with Crippen LogP contribution < -0.4 is 21.1 Å². The van der Waals surface area contributed by atoms with Crippen molar-refractivity contribution in [1.29, 1.82) is 0 Å². The van der Waals surface area contributed by atoms with Crippen LogP contribution in [0.2, 0.25) is 0 Å². The van der Waals surface area contributed by atoms with E-state index in [1.54, 1.807) is 19.1 Å². The van der Waals surface area contributed by atoms with E-state index in [4.69, 9.17) is 15.5 Å². The van der Waals surface area contributed by atoms with Crippen LogP contribution in [-0.4, -0.2) is 34.6 Å². The summed E-state index contributed by atoms with van der Waals surface area (Å²) in [6.07, 6.45) is 1.95. The minimum Gasteiger partial charge on any atom is -0.457 e. The van der Waals surface area contributed by atoms with Gasteiger partial charge < -0.3 is 25.7 Å². The number of hydrogen-bond donors (Lipinski definition) is 3. The van der Waals surface area contributed by atoms with Crippen molar-refractivity contribution in [3.63, 3.8) is 0 Å². The van der Waals surface area contributed by atoms with Crippen molar-refractivity contribution in [3.8, 4) is 11.5 Å². The lowest BCUT2D eigenvalue weighted by Crippen LogP contribution is -2.38. The molecule has 1 fully saturated rings. The molecule has 0 spiro atoms. The molecular weight excluding hydrogens is 385 g/mol. The molecule has 1 aliphatic rings. The molecule has 158 valence electrons. The summed E-state index contributed by atoms with van der Waals surface area (Å²) in [5.74, 6) is 1.49. The van der Waals surface area contributed by atoms with Crippen LogP contribution in [0.5, 0.6) is 11.5 Å². The van der Waals surface area contributed by atoms with Crippen molar-refractivity contribution in [3.05, 3.63) is 54.1 Å². The van der Waals surface area contributed by atoms with Crippen molar-refractivity contribution in [1.82, 2.24) is 20.2 Å². The van der Waals surface area contributed by atoms with Gasteiger partial charge in [0.25, 0.3) is 0 Å². The van der Waals surface area contributed by atoms with E-state index in [0.29, 0.717) is 18.0 Å². The van der Waals surface area contributed by atoms with Gasteiger partial charge in [-0.3, -0.25) is 4.79 Å². The van der Waals surface area contributed by atoms with Crippen LogP contribution in [0.4, 0.5) is 4.39 Å². The van der Waals surface area contributed by atoms with Crippen LogP contribution in [-0.2, 0) is 11.3 Å². The number of nitrogens with one attached hydrogen (secondary N) is 2. The van der Waals surface area contributed by atoms with Crippen molar-refractivity contribution in [2.45, 2.75) is 38.4 Å². The van der Waals surface area contributed by atoms with Gasteiger partial charge in [-0.05, 0) is 69.3 Å². The smallest absolute Gasteiger partial charge is 0.237 e. The normalized spacial score (nSPS) is 15.8. The van der Waals surface area contributed by atoms with Crippen LogP contribution in [0.25, 0.3) is 11.0 Å². The predicted octanol–water partition coefficient (Wildman–Crippen LogP) is 2.86. The number of nitrogens with zero attached hydrogens (tertiary/aromatic N) is 2. The summed E-state index contributed by atoms with van der Waals surface area (Å²) in [7, 11) is 0. The van der Waals surface area contributed by atoms with Gasteiger partial charge in [0.2, 0.25) is 5.91 Å². The highest BCUT2D eigenvalue weighted by Crippen LogP contribution is 2.31. The topological polar surface area (TPSA) is 94.2 Å². The summed E-state index contributed by atoms with van der Waals surface area (Å²) in [6.45, 7) is 3.83. The molecule has 1 aliphatic heterocycles. The highest BCUT2D eigenvalue weighted by atomic mass is 19.1. The largest absolute Gasteiger partial charge is 0.457 e. The third-order valence-electron chi connectivity index (χ3n) is 5.29. The predicted molar refractivity (Wildman–Crippen MR) is 113 cm³/mol. The Morgan fingerprint density at radius 1 is 1.27 bits per heavy atom. The number of amides is 1. The third-order valence-corrected chi connectivity index (χ3v) is 5.29. The Balaban J connectivity index is 1.67. The number of carbonyl (C=O) groups excluding carboxylic acids is 1. The number of piperidine rings is 1. The van der Waals surface area contributed by atoms with Crippen LogP contribution in [0.1, 0.15) is 31.6 Å². The van der Waals surface area contributed by atoms with E-state index in [9.17, 15) is 9.18 Å². The van der Waals surface area contributed by atoms with Crippen LogP contribution >= 0.6 is 0 Å². The van der Waals surface area contributed by atoms with Gasteiger partial charge in [0.15, 0.2) is 0 Å². The summed E-state index contributed by atoms with van der Waals surface area (Å²) in [5, 5.41) is 6.25. The maximum atomic E-state index is 13.2. The van der Waals surface area contributed by atoms with Gasteiger partial charge in [0.1, 0.15) is 23.1 Å². The lowest BCUT2D eigenvalue weighted by molar-refractivity contribution is -0.122. The standard InChI is InChI=1S/C22H26FN5O2/c1-14(24)22(29)26-13-21-27-19-7-6-18(30-17-4-2-15(23)3-5-17)12-20(19)28(21)16-8-10-25-11-9-16/h2-7,12,14,16,25H,8-11,13,24H2,1H3,(H,26,29)/t14-/m0/s1. The number of ether oxygens (including phenoxy) is 1. The fourth-order valence-electron chi connectivity index (χ4n) is 3.75. The first-order valence-electron chi connectivity index (χ1n) is 10.2. The number of halogens is 1. The van der Waals surface area contributed by atoms with Gasteiger partial charge in [0.05, 0.1) is 23.6 Å². The first-order valence-corrected chi connectivity index (χ1v) is 10.2. The van der Waals surface area contributed by atoms with Gasteiger partial charge >= 0.3 is 0 Å². The number of carbonyl (C=O) groups is 1. The summed E-state index contributed by atoms with van der Waals surface area (Å²) < 4.78 is 21.3. The molecule has 3 aromatic rings. The average Bonchev–Trinajstić information content (AvgIpc) is 3.11. The third kappa shape index (κ3) is 4.44. The molecule has 8 heteroatoms. The Morgan fingerprint density at radius 2 is 1.97 bits per heavy atom. The zero-order chi connectivity index (χ0) is 21.1. The molecule has 1 atom stereocenters. The molecule has 1 saturated heterocycles. The molecule has 0 unspecified atom stereocenters. The van der Waals surface area contributed by atoms with E-state index in [1.165, 1.54) is 12.1 Å². The van der Waals surface area contributed by atoms with E-state index < -0.39 is 6.04 Å². The summed E-state index contributed by atoms with van der Waals surface area (Å²) in [6, 6.07) is 11.3. The van der Waals surface area contributed by atoms with Crippen molar-refractivity contribution < 1.29 is 13.9 Å².